The van der Waals surface area contributed by atoms with E-state index in [0.717, 1.165) is 30.5 Å². The fourth-order valence-electron chi connectivity index (χ4n) is 2.57. The quantitative estimate of drug-likeness (QED) is 0.884. The molecule has 1 aliphatic rings. The molecule has 0 bridgehead atoms. The van der Waals surface area contributed by atoms with Crippen LogP contribution in [0.2, 0.25) is 5.02 Å². The molecule has 1 saturated carbocycles. The van der Waals surface area contributed by atoms with Gasteiger partial charge in [-0.2, -0.15) is 0 Å². The summed E-state index contributed by atoms with van der Waals surface area (Å²) in [5, 5.41) is 3.61. The van der Waals surface area contributed by atoms with E-state index in [4.69, 9.17) is 17.3 Å². The van der Waals surface area contributed by atoms with Crippen LogP contribution in [0.15, 0.2) is 18.2 Å². The predicted octanol–water partition coefficient (Wildman–Crippen LogP) is 2.96. The number of hydrogen-bond donors (Lipinski definition) is 2. The van der Waals surface area contributed by atoms with Gasteiger partial charge in [-0.15, -0.1) is 0 Å². The monoisotopic (exact) mass is 266 g/mol. The first-order chi connectivity index (χ1) is 8.61. The molecular formula is C14H19ClN2O. The lowest BCUT2D eigenvalue weighted by Crippen LogP contribution is -2.29. The van der Waals surface area contributed by atoms with Gasteiger partial charge in [-0.1, -0.05) is 24.1 Å². The van der Waals surface area contributed by atoms with Gasteiger partial charge in [0.1, 0.15) is 0 Å². The third kappa shape index (κ3) is 2.85. The number of amides is 1. The Kier molecular flexibility index (Phi) is 4.25. The van der Waals surface area contributed by atoms with Crippen LogP contribution in [0.4, 0.5) is 5.69 Å². The predicted molar refractivity (Wildman–Crippen MR) is 74.7 cm³/mol. The van der Waals surface area contributed by atoms with E-state index in [-0.39, 0.29) is 11.8 Å². The lowest BCUT2D eigenvalue weighted by molar-refractivity contribution is -0.120. The zero-order valence-electron chi connectivity index (χ0n) is 10.6. The molecule has 1 aromatic rings. The summed E-state index contributed by atoms with van der Waals surface area (Å²) in [6, 6.07) is 5.58. The molecule has 0 spiro atoms. The maximum Gasteiger partial charge on any atom is 0.227 e. The zero-order chi connectivity index (χ0) is 13.1. The van der Waals surface area contributed by atoms with Crippen molar-refractivity contribution in [2.75, 3.05) is 11.9 Å². The molecule has 0 aliphatic heterocycles. The molecule has 1 amide bonds. The van der Waals surface area contributed by atoms with Gasteiger partial charge in [0.15, 0.2) is 0 Å². The van der Waals surface area contributed by atoms with Crippen molar-refractivity contribution in [1.29, 1.82) is 0 Å². The van der Waals surface area contributed by atoms with E-state index >= 15 is 0 Å². The van der Waals surface area contributed by atoms with Crippen LogP contribution in [0.5, 0.6) is 0 Å². The molecule has 2 atom stereocenters. The normalized spacial score (nSPS) is 23.1. The molecule has 1 fully saturated rings. The highest BCUT2D eigenvalue weighted by Crippen LogP contribution is 2.32. The van der Waals surface area contributed by atoms with Crippen LogP contribution in [-0.4, -0.2) is 12.5 Å². The molecule has 1 aromatic carbocycles. The molecular weight excluding hydrogens is 248 g/mol. The van der Waals surface area contributed by atoms with Crippen molar-refractivity contribution in [3.8, 4) is 0 Å². The van der Waals surface area contributed by atoms with Gasteiger partial charge in [0.05, 0.1) is 0 Å². The molecule has 3 nitrogen and oxygen atoms in total. The summed E-state index contributed by atoms with van der Waals surface area (Å²) in [5.74, 6) is 0.448. The van der Waals surface area contributed by atoms with Crippen molar-refractivity contribution in [2.45, 2.75) is 26.2 Å². The van der Waals surface area contributed by atoms with Gasteiger partial charge in [0.25, 0.3) is 0 Å². The molecule has 98 valence electrons. The molecule has 0 aromatic heterocycles. The van der Waals surface area contributed by atoms with Gasteiger partial charge in [0, 0.05) is 16.6 Å². The van der Waals surface area contributed by atoms with Crippen molar-refractivity contribution in [3.63, 3.8) is 0 Å². The maximum atomic E-state index is 12.2. The molecule has 0 unspecified atom stereocenters. The lowest BCUT2D eigenvalue weighted by Gasteiger charge is -2.17. The Balaban J connectivity index is 2.04. The first-order valence-corrected chi connectivity index (χ1v) is 6.76. The van der Waals surface area contributed by atoms with E-state index in [9.17, 15) is 4.79 Å². The number of benzene rings is 1. The second-order valence-electron chi connectivity index (χ2n) is 4.99. The van der Waals surface area contributed by atoms with E-state index in [0.29, 0.717) is 17.5 Å². The highest BCUT2D eigenvalue weighted by molar-refractivity contribution is 6.31. The van der Waals surface area contributed by atoms with Crippen LogP contribution in [0.1, 0.15) is 24.8 Å². The molecule has 0 radical (unpaired) electrons. The smallest absolute Gasteiger partial charge is 0.227 e. The molecule has 18 heavy (non-hydrogen) atoms. The fraction of sp³-hybridized carbons (Fsp3) is 0.500. The number of aryl methyl sites for hydroxylation is 1. The number of nitrogens with one attached hydrogen (secondary N) is 1. The third-order valence-corrected chi connectivity index (χ3v) is 4.15. The molecule has 0 saturated heterocycles. The minimum atomic E-state index is 0.0510. The summed E-state index contributed by atoms with van der Waals surface area (Å²) in [7, 11) is 0. The minimum absolute atomic E-state index is 0.0510. The molecule has 2 rings (SSSR count). The first kappa shape index (κ1) is 13.4. The number of halogens is 1. The first-order valence-electron chi connectivity index (χ1n) is 6.39. The van der Waals surface area contributed by atoms with Crippen LogP contribution in [0.3, 0.4) is 0 Å². The summed E-state index contributed by atoms with van der Waals surface area (Å²) < 4.78 is 0. The van der Waals surface area contributed by atoms with Gasteiger partial charge >= 0.3 is 0 Å². The molecule has 3 N–H and O–H groups in total. The Bertz CT molecular complexity index is 447. The number of hydrogen-bond acceptors (Lipinski definition) is 2. The van der Waals surface area contributed by atoms with Gasteiger partial charge in [-0.3, -0.25) is 4.79 Å². The summed E-state index contributed by atoms with van der Waals surface area (Å²) in [4.78, 5) is 12.2. The number of nitrogens with two attached hydrogens (primary N) is 1. The molecule has 0 heterocycles. The summed E-state index contributed by atoms with van der Waals surface area (Å²) >= 11 is 6.04. The van der Waals surface area contributed by atoms with Crippen LogP contribution in [0, 0.1) is 18.8 Å². The van der Waals surface area contributed by atoms with E-state index in [1.807, 2.05) is 19.1 Å². The number of anilines is 1. The summed E-state index contributed by atoms with van der Waals surface area (Å²) in [5.41, 5.74) is 7.47. The Labute approximate surface area is 113 Å². The lowest BCUT2D eigenvalue weighted by atomic mass is 9.95. The average Bonchev–Trinajstić information content (AvgIpc) is 2.82. The standard InChI is InChI=1S/C14H19ClN2O/c1-9-5-6-11(7-13(9)15)17-14(18)12-4-2-3-10(12)8-16/h5-7,10,12H,2-4,8,16H2,1H3,(H,17,18)/t10-,12-/m1/s1. The van der Waals surface area contributed by atoms with Gasteiger partial charge in [-0.05, 0) is 49.9 Å². The van der Waals surface area contributed by atoms with Gasteiger partial charge < -0.3 is 11.1 Å². The number of carbonyl (C=O) groups is 1. The van der Waals surface area contributed by atoms with E-state index in [2.05, 4.69) is 5.32 Å². The minimum Gasteiger partial charge on any atom is -0.330 e. The third-order valence-electron chi connectivity index (χ3n) is 3.74. The Morgan fingerprint density at radius 1 is 1.50 bits per heavy atom. The second kappa shape index (κ2) is 5.72. The average molecular weight is 267 g/mol. The van der Waals surface area contributed by atoms with Crippen molar-refractivity contribution in [2.24, 2.45) is 17.6 Å². The van der Waals surface area contributed by atoms with Crippen molar-refractivity contribution >= 4 is 23.2 Å². The van der Waals surface area contributed by atoms with Crippen molar-refractivity contribution < 1.29 is 4.79 Å². The van der Waals surface area contributed by atoms with E-state index < -0.39 is 0 Å². The summed E-state index contributed by atoms with van der Waals surface area (Å²) in [6.07, 6.45) is 3.09. The Hall–Kier alpha value is -1.06. The van der Waals surface area contributed by atoms with E-state index in [1.54, 1.807) is 6.07 Å². The Morgan fingerprint density at radius 2 is 2.28 bits per heavy atom. The number of rotatable bonds is 3. The van der Waals surface area contributed by atoms with Gasteiger partial charge in [-0.25, -0.2) is 0 Å². The highest BCUT2D eigenvalue weighted by Gasteiger charge is 2.31. The van der Waals surface area contributed by atoms with Crippen LogP contribution >= 0.6 is 11.6 Å². The van der Waals surface area contributed by atoms with Crippen molar-refractivity contribution in [3.05, 3.63) is 28.8 Å². The topological polar surface area (TPSA) is 55.1 Å². The van der Waals surface area contributed by atoms with Crippen molar-refractivity contribution in [1.82, 2.24) is 0 Å². The largest absolute Gasteiger partial charge is 0.330 e. The van der Waals surface area contributed by atoms with E-state index in [1.165, 1.54) is 0 Å². The highest BCUT2D eigenvalue weighted by atomic mass is 35.5. The maximum absolute atomic E-state index is 12.2. The van der Waals surface area contributed by atoms with Gasteiger partial charge in [0.2, 0.25) is 5.91 Å². The van der Waals surface area contributed by atoms with Crippen LogP contribution < -0.4 is 11.1 Å². The number of carbonyl (C=O) groups excluding carboxylic acids is 1. The molecule has 1 aliphatic carbocycles. The fourth-order valence-corrected chi connectivity index (χ4v) is 2.75. The second-order valence-corrected chi connectivity index (χ2v) is 5.39. The van der Waals surface area contributed by atoms with Crippen LogP contribution in [-0.2, 0) is 4.79 Å². The molecule has 4 heteroatoms. The Morgan fingerprint density at radius 3 is 2.94 bits per heavy atom. The SMILES string of the molecule is Cc1ccc(NC(=O)[C@@H]2CCC[C@@H]2CN)cc1Cl. The van der Waals surface area contributed by atoms with Crippen LogP contribution in [0.25, 0.3) is 0 Å². The summed E-state index contributed by atoms with van der Waals surface area (Å²) in [6.45, 7) is 2.53. The zero-order valence-corrected chi connectivity index (χ0v) is 11.3.